The second kappa shape index (κ2) is 8.04. The fraction of sp³-hybridized carbons (Fsp3) is 0.960. The maximum Gasteiger partial charge on any atom is 0.302 e. The molecule has 4 saturated carbocycles. The van der Waals surface area contributed by atoms with Gasteiger partial charge in [-0.25, -0.2) is 0 Å². The normalized spacial score (nSPS) is 48.9. The van der Waals surface area contributed by atoms with E-state index in [1.165, 1.54) is 55.8 Å². The van der Waals surface area contributed by atoms with Gasteiger partial charge in [-0.3, -0.25) is 4.79 Å². The van der Waals surface area contributed by atoms with Crippen LogP contribution in [0.15, 0.2) is 0 Å². The summed E-state index contributed by atoms with van der Waals surface area (Å²) in [6, 6.07) is 0. The number of hydrogen-bond donors (Lipinski definition) is 0. The van der Waals surface area contributed by atoms with Crippen LogP contribution in [0.1, 0.15) is 91.9 Å². The minimum absolute atomic E-state index is 0.0895. The van der Waals surface area contributed by atoms with Crippen LogP contribution in [0.4, 0.5) is 0 Å². The Morgan fingerprint density at radius 2 is 1.75 bits per heavy atom. The van der Waals surface area contributed by atoms with Gasteiger partial charge in [-0.1, -0.05) is 43.4 Å². The molecule has 1 unspecified atom stereocenters. The van der Waals surface area contributed by atoms with Crippen molar-refractivity contribution in [3.05, 3.63) is 0 Å². The molecule has 0 bridgehead atoms. The minimum Gasteiger partial charge on any atom is -0.463 e. The molecule has 4 aliphatic rings. The molecule has 3 heteroatoms. The zero-order valence-corrected chi connectivity index (χ0v) is 20.7. The quantitative estimate of drug-likeness (QED) is 0.235. The van der Waals surface area contributed by atoms with Crippen LogP contribution in [0, 0.1) is 46.3 Å². The fourth-order valence-corrected chi connectivity index (χ4v) is 9.89. The second-order valence-corrected chi connectivity index (χ2v) is 12.4. The van der Waals surface area contributed by atoms with E-state index in [9.17, 15) is 4.79 Å². The Kier molecular flexibility index (Phi) is 6.15. The van der Waals surface area contributed by atoms with E-state index in [1.54, 1.807) is 6.92 Å². The van der Waals surface area contributed by atoms with Gasteiger partial charge in [0, 0.05) is 6.92 Å². The molecule has 4 aliphatic carbocycles. The van der Waals surface area contributed by atoms with Crippen molar-refractivity contribution in [2.75, 3.05) is 4.43 Å². The Morgan fingerprint density at radius 1 is 1.04 bits per heavy atom. The molecule has 9 atom stereocenters. The highest BCUT2D eigenvalue weighted by atomic mass is 127. The first-order valence-electron chi connectivity index (χ1n) is 12.0. The van der Waals surface area contributed by atoms with E-state index in [2.05, 4.69) is 43.4 Å². The third kappa shape index (κ3) is 3.47. The average molecular weight is 501 g/mol. The molecule has 0 heterocycles. The van der Waals surface area contributed by atoms with E-state index in [1.807, 2.05) is 0 Å². The highest BCUT2D eigenvalue weighted by Crippen LogP contribution is 2.68. The third-order valence-electron chi connectivity index (χ3n) is 10.3. The molecule has 0 N–H and O–H groups in total. The molecular formula is C25H41IO2. The van der Waals surface area contributed by atoms with Crippen molar-refractivity contribution in [3.63, 3.8) is 0 Å². The summed E-state index contributed by atoms with van der Waals surface area (Å²) in [5.41, 5.74) is 1.09. The van der Waals surface area contributed by atoms with Crippen LogP contribution in [0.25, 0.3) is 0 Å². The summed E-state index contributed by atoms with van der Waals surface area (Å²) in [6.07, 6.45) is 13.8. The van der Waals surface area contributed by atoms with Gasteiger partial charge >= 0.3 is 5.97 Å². The van der Waals surface area contributed by atoms with Crippen molar-refractivity contribution in [2.24, 2.45) is 46.3 Å². The van der Waals surface area contributed by atoms with Crippen LogP contribution >= 0.6 is 22.6 Å². The average Bonchev–Trinajstić information content (AvgIpc) is 2.99. The van der Waals surface area contributed by atoms with Crippen LogP contribution in [0.3, 0.4) is 0 Å². The summed E-state index contributed by atoms with van der Waals surface area (Å²) in [5.74, 6) is 5.38. The van der Waals surface area contributed by atoms with E-state index in [-0.39, 0.29) is 12.1 Å². The number of carbonyl (C=O) groups is 1. The van der Waals surface area contributed by atoms with Crippen molar-refractivity contribution >= 4 is 28.6 Å². The molecule has 160 valence electrons. The van der Waals surface area contributed by atoms with Crippen molar-refractivity contribution in [2.45, 2.75) is 98.0 Å². The van der Waals surface area contributed by atoms with Crippen molar-refractivity contribution in [1.82, 2.24) is 0 Å². The molecule has 0 saturated heterocycles. The minimum atomic E-state index is -0.0895. The van der Waals surface area contributed by atoms with Gasteiger partial charge in [0.05, 0.1) is 0 Å². The summed E-state index contributed by atoms with van der Waals surface area (Å²) < 4.78 is 6.94. The van der Waals surface area contributed by atoms with E-state index in [4.69, 9.17) is 4.74 Å². The summed E-state index contributed by atoms with van der Waals surface area (Å²) in [5, 5.41) is 0. The van der Waals surface area contributed by atoms with Crippen molar-refractivity contribution in [3.8, 4) is 0 Å². The first-order chi connectivity index (χ1) is 13.3. The molecule has 0 radical (unpaired) electrons. The van der Waals surface area contributed by atoms with Gasteiger partial charge < -0.3 is 4.74 Å². The van der Waals surface area contributed by atoms with Gasteiger partial charge in [-0.15, -0.1) is 0 Å². The van der Waals surface area contributed by atoms with Crippen molar-refractivity contribution < 1.29 is 9.53 Å². The molecule has 0 aromatic heterocycles. The Balaban J connectivity index is 1.50. The molecule has 0 spiro atoms. The van der Waals surface area contributed by atoms with Crippen molar-refractivity contribution in [1.29, 1.82) is 0 Å². The van der Waals surface area contributed by atoms with E-state index < -0.39 is 0 Å². The molecule has 0 aromatic rings. The molecule has 0 aromatic carbocycles. The SMILES string of the molecule is CC(=O)O[C@@H]1CC[C@@]2(C)C(CC[C@H]3[C@@H]4CC[C@H]([C@H](C)CCI)[C@@]4(C)CC[C@@H]32)C1. The summed E-state index contributed by atoms with van der Waals surface area (Å²) in [6.45, 7) is 9.41. The van der Waals surface area contributed by atoms with Crippen LogP contribution < -0.4 is 0 Å². The van der Waals surface area contributed by atoms with E-state index in [0.717, 1.165) is 48.3 Å². The number of alkyl halides is 1. The van der Waals surface area contributed by atoms with Crippen LogP contribution in [-0.4, -0.2) is 16.5 Å². The Labute approximate surface area is 186 Å². The summed E-state index contributed by atoms with van der Waals surface area (Å²) in [4.78, 5) is 11.4. The lowest BCUT2D eigenvalue weighted by molar-refractivity contribution is -0.160. The largest absolute Gasteiger partial charge is 0.463 e. The maximum atomic E-state index is 11.4. The summed E-state index contributed by atoms with van der Waals surface area (Å²) >= 11 is 2.57. The number of carbonyl (C=O) groups excluding carboxylic acids is 1. The van der Waals surface area contributed by atoms with Crippen LogP contribution in [0.5, 0.6) is 0 Å². The molecule has 28 heavy (non-hydrogen) atoms. The predicted molar refractivity (Wildman–Crippen MR) is 123 cm³/mol. The number of halogens is 1. The number of rotatable bonds is 4. The summed E-state index contributed by atoms with van der Waals surface area (Å²) in [7, 11) is 0. The zero-order chi connectivity index (χ0) is 20.1. The highest BCUT2D eigenvalue weighted by molar-refractivity contribution is 14.1. The lowest BCUT2D eigenvalue weighted by atomic mass is 9.44. The predicted octanol–water partition coefficient (Wildman–Crippen LogP) is 7.04. The smallest absolute Gasteiger partial charge is 0.302 e. The monoisotopic (exact) mass is 500 g/mol. The lowest BCUT2D eigenvalue weighted by Crippen LogP contribution is -2.54. The first kappa shape index (κ1) is 21.4. The van der Waals surface area contributed by atoms with Crippen LogP contribution in [0.2, 0.25) is 0 Å². The van der Waals surface area contributed by atoms with Gasteiger partial charge in [-0.05, 0) is 115 Å². The second-order valence-electron chi connectivity index (χ2n) is 11.3. The Morgan fingerprint density at radius 3 is 2.46 bits per heavy atom. The number of esters is 1. The van der Waals surface area contributed by atoms with E-state index in [0.29, 0.717) is 10.8 Å². The first-order valence-corrected chi connectivity index (χ1v) is 13.6. The van der Waals surface area contributed by atoms with Gasteiger partial charge in [0.25, 0.3) is 0 Å². The number of hydrogen-bond acceptors (Lipinski definition) is 2. The fourth-order valence-electron chi connectivity index (χ4n) is 8.91. The van der Waals surface area contributed by atoms with Gasteiger partial charge in [0.2, 0.25) is 0 Å². The zero-order valence-electron chi connectivity index (χ0n) is 18.5. The molecule has 0 aliphatic heterocycles. The molecule has 4 rings (SSSR count). The van der Waals surface area contributed by atoms with E-state index >= 15 is 0 Å². The molecular weight excluding hydrogens is 459 g/mol. The molecule has 0 amide bonds. The van der Waals surface area contributed by atoms with Crippen LogP contribution in [-0.2, 0) is 9.53 Å². The topological polar surface area (TPSA) is 26.3 Å². The number of fused-ring (bicyclic) bond motifs is 5. The third-order valence-corrected chi connectivity index (χ3v) is 10.9. The highest BCUT2D eigenvalue weighted by Gasteiger charge is 2.60. The Hall–Kier alpha value is 0.200. The van der Waals surface area contributed by atoms with Gasteiger partial charge in [0.1, 0.15) is 6.10 Å². The van der Waals surface area contributed by atoms with Gasteiger partial charge in [-0.2, -0.15) is 0 Å². The maximum absolute atomic E-state index is 11.4. The standard InChI is InChI=1S/C25H41IO2/c1-16(11-14-26)21-7-8-22-20-6-5-18-15-19(28-17(2)27)9-12-24(18,3)23(20)10-13-25(21,22)4/h16,18-23H,5-15H2,1-4H3/t16-,18?,19-,20+,21-,22+,23+,24+,25-/m1/s1. The lowest BCUT2D eigenvalue weighted by Gasteiger charge is -2.61. The molecule has 2 nitrogen and oxygen atoms in total. The Bertz CT molecular complexity index is 591. The van der Waals surface area contributed by atoms with Gasteiger partial charge in [0.15, 0.2) is 0 Å². The molecule has 4 fully saturated rings. The number of ether oxygens (including phenoxy) is 1.